The van der Waals surface area contributed by atoms with E-state index in [-0.39, 0.29) is 12.3 Å². The second kappa shape index (κ2) is 8.57. The quantitative estimate of drug-likeness (QED) is 0.725. The molecule has 0 radical (unpaired) electrons. The van der Waals surface area contributed by atoms with E-state index in [2.05, 4.69) is 5.32 Å². The van der Waals surface area contributed by atoms with Gasteiger partial charge in [-0.2, -0.15) is 0 Å². The Labute approximate surface area is 142 Å². The highest BCUT2D eigenvalue weighted by Gasteiger charge is 2.22. The van der Waals surface area contributed by atoms with Crippen molar-refractivity contribution in [1.29, 1.82) is 0 Å². The summed E-state index contributed by atoms with van der Waals surface area (Å²) < 4.78 is 10.4. The van der Waals surface area contributed by atoms with E-state index >= 15 is 0 Å². The van der Waals surface area contributed by atoms with E-state index in [0.717, 1.165) is 6.42 Å². The highest BCUT2D eigenvalue weighted by Crippen LogP contribution is 2.32. The van der Waals surface area contributed by atoms with Crippen molar-refractivity contribution in [3.8, 4) is 11.5 Å². The van der Waals surface area contributed by atoms with E-state index in [1.165, 1.54) is 33.5 Å². The third-order valence-electron chi connectivity index (χ3n) is 4.53. The summed E-state index contributed by atoms with van der Waals surface area (Å²) in [6.07, 6.45) is 4.78. The van der Waals surface area contributed by atoms with Crippen LogP contribution in [0.4, 0.5) is 0 Å². The molecule has 6 nitrogen and oxygen atoms in total. The van der Waals surface area contributed by atoms with Gasteiger partial charge in [-0.15, -0.1) is 0 Å². The molecule has 2 N–H and O–H groups in total. The van der Waals surface area contributed by atoms with Crippen LogP contribution in [0.15, 0.2) is 18.2 Å². The lowest BCUT2D eigenvalue weighted by molar-refractivity contribution is -0.137. The van der Waals surface area contributed by atoms with Gasteiger partial charge < -0.3 is 19.9 Å². The molecule has 2 rings (SSSR count). The van der Waals surface area contributed by atoms with Crippen LogP contribution < -0.4 is 14.8 Å². The van der Waals surface area contributed by atoms with E-state index in [4.69, 9.17) is 14.6 Å². The van der Waals surface area contributed by atoms with Crippen LogP contribution in [0.2, 0.25) is 0 Å². The smallest absolute Gasteiger partial charge is 0.305 e. The first-order valence-corrected chi connectivity index (χ1v) is 8.26. The third-order valence-corrected chi connectivity index (χ3v) is 4.53. The van der Waals surface area contributed by atoms with Crippen LogP contribution in [0.5, 0.6) is 11.5 Å². The van der Waals surface area contributed by atoms with Crippen molar-refractivity contribution in [3.63, 3.8) is 0 Å². The van der Waals surface area contributed by atoms with Crippen molar-refractivity contribution >= 4 is 11.9 Å². The predicted octanol–water partition coefficient (Wildman–Crippen LogP) is 2.92. The van der Waals surface area contributed by atoms with Gasteiger partial charge in [0.2, 0.25) is 5.91 Å². The van der Waals surface area contributed by atoms with E-state index < -0.39 is 12.0 Å². The van der Waals surface area contributed by atoms with Gasteiger partial charge in [0.25, 0.3) is 0 Å². The molecule has 132 valence electrons. The van der Waals surface area contributed by atoms with Gasteiger partial charge in [0, 0.05) is 6.42 Å². The summed E-state index contributed by atoms with van der Waals surface area (Å²) in [5.41, 5.74) is 0.687. The van der Waals surface area contributed by atoms with Crippen molar-refractivity contribution in [2.24, 2.45) is 5.92 Å². The van der Waals surface area contributed by atoms with Crippen molar-refractivity contribution in [3.05, 3.63) is 23.8 Å². The molecule has 0 bridgehead atoms. The minimum absolute atomic E-state index is 0.108. The summed E-state index contributed by atoms with van der Waals surface area (Å²) in [6.45, 7) is 0. The molecule has 24 heavy (non-hydrogen) atoms. The second-order valence-corrected chi connectivity index (χ2v) is 6.17. The zero-order chi connectivity index (χ0) is 17.5. The summed E-state index contributed by atoms with van der Waals surface area (Å²) in [7, 11) is 3.06. The Bertz CT molecular complexity index is 583. The molecule has 0 aliphatic heterocycles. The zero-order valence-electron chi connectivity index (χ0n) is 14.2. The average molecular weight is 335 g/mol. The normalized spacial score (nSPS) is 15.2. The molecular weight excluding hydrogens is 310 g/mol. The lowest BCUT2D eigenvalue weighted by atomic mass is 9.82. The fraction of sp³-hybridized carbons (Fsp3) is 0.556. The van der Waals surface area contributed by atoms with E-state index in [1.807, 2.05) is 0 Å². The predicted molar refractivity (Wildman–Crippen MR) is 89.3 cm³/mol. The molecule has 1 unspecified atom stereocenters. The summed E-state index contributed by atoms with van der Waals surface area (Å²) >= 11 is 0. The molecular formula is C18H25NO5. The fourth-order valence-corrected chi connectivity index (χ4v) is 2.88. The number of carbonyl (C=O) groups is 2. The number of nitrogens with one attached hydrogen (secondary N) is 1. The summed E-state index contributed by atoms with van der Waals surface area (Å²) in [5.74, 6) is 0.646. The van der Waals surface area contributed by atoms with Crippen LogP contribution in [0, 0.1) is 5.92 Å². The number of hydrogen-bond acceptors (Lipinski definition) is 4. The Kier molecular flexibility index (Phi) is 6.46. The number of ether oxygens (including phenoxy) is 2. The van der Waals surface area contributed by atoms with Crippen molar-refractivity contribution in [2.45, 2.75) is 44.6 Å². The van der Waals surface area contributed by atoms with Gasteiger partial charge >= 0.3 is 5.97 Å². The van der Waals surface area contributed by atoms with Gasteiger partial charge in [0.1, 0.15) is 0 Å². The second-order valence-electron chi connectivity index (χ2n) is 6.17. The Morgan fingerprint density at radius 3 is 2.50 bits per heavy atom. The van der Waals surface area contributed by atoms with Crippen molar-refractivity contribution in [1.82, 2.24) is 5.32 Å². The molecule has 1 atom stereocenters. The number of carboxylic acid groups (broad SMARTS) is 1. The number of methoxy groups -OCH3 is 2. The first-order valence-electron chi connectivity index (χ1n) is 8.26. The molecule has 1 aliphatic carbocycles. The Balaban J connectivity index is 2.06. The van der Waals surface area contributed by atoms with Gasteiger partial charge in [-0.05, 0) is 30.0 Å². The first-order chi connectivity index (χ1) is 11.5. The fourth-order valence-electron chi connectivity index (χ4n) is 2.88. The summed E-state index contributed by atoms with van der Waals surface area (Å²) in [5, 5.41) is 12.0. The van der Waals surface area contributed by atoms with Gasteiger partial charge in [-0.25, -0.2) is 0 Å². The summed E-state index contributed by atoms with van der Waals surface area (Å²) in [6, 6.07) is 4.58. The van der Waals surface area contributed by atoms with Crippen LogP contribution in [0.25, 0.3) is 0 Å². The number of carboxylic acids is 1. The van der Waals surface area contributed by atoms with E-state index in [0.29, 0.717) is 29.4 Å². The number of hydrogen-bond donors (Lipinski definition) is 2. The molecule has 6 heteroatoms. The monoisotopic (exact) mass is 335 g/mol. The third kappa shape index (κ3) is 4.88. The maximum Gasteiger partial charge on any atom is 0.305 e. The molecule has 1 saturated carbocycles. The molecule has 0 spiro atoms. The molecule has 1 aromatic rings. The Morgan fingerprint density at radius 2 is 1.96 bits per heavy atom. The van der Waals surface area contributed by atoms with Crippen molar-refractivity contribution in [2.75, 3.05) is 14.2 Å². The SMILES string of the molecule is COc1ccc(C(CC(=O)O)NC(=O)CCC2CCC2)cc1OC. The minimum atomic E-state index is -0.964. The molecule has 0 heterocycles. The van der Waals surface area contributed by atoms with Crippen LogP contribution in [0.3, 0.4) is 0 Å². The highest BCUT2D eigenvalue weighted by molar-refractivity contribution is 5.77. The number of rotatable bonds is 9. The molecule has 0 saturated heterocycles. The first kappa shape index (κ1) is 18.1. The topological polar surface area (TPSA) is 84.9 Å². The summed E-state index contributed by atoms with van der Waals surface area (Å²) in [4.78, 5) is 23.3. The van der Waals surface area contributed by atoms with Crippen LogP contribution in [0.1, 0.15) is 50.1 Å². The largest absolute Gasteiger partial charge is 0.493 e. The highest BCUT2D eigenvalue weighted by atomic mass is 16.5. The molecule has 1 amide bonds. The van der Waals surface area contributed by atoms with Crippen LogP contribution in [-0.4, -0.2) is 31.2 Å². The van der Waals surface area contributed by atoms with Gasteiger partial charge in [-0.1, -0.05) is 25.3 Å². The maximum absolute atomic E-state index is 12.2. The lowest BCUT2D eigenvalue weighted by Crippen LogP contribution is -2.30. The standard InChI is InChI=1S/C18H25NO5/c1-23-15-8-7-13(10-16(15)24-2)14(11-18(21)22)19-17(20)9-6-12-4-3-5-12/h7-8,10,12,14H,3-6,9,11H2,1-2H3,(H,19,20)(H,21,22). The van der Waals surface area contributed by atoms with E-state index in [9.17, 15) is 9.59 Å². The molecule has 0 aromatic heterocycles. The van der Waals surface area contributed by atoms with Crippen LogP contribution in [-0.2, 0) is 9.59 Å². The molecule has 1 aromatic carbocycles. The maximum atomic E-state index is 12.2. The number of amides is 1. The molecule has 1 aliphatic rings. The lowest BCUT2D eigenvalue weighted by Gasteiger charge is -2.25. The minimum Gasteiger partial charge on any atom is -0.493 e. The zero-order valence-corrected chi connectivity index (χ0v) is 14.2. The number of carbonyl (C=O) groups excluding carboxylic acids is 1. The number of benzene rings is 1. The van der Waals surface area contributed by atoms with Gasteiger partial charge in [0.15, 0.2) is 11.5 Å². The number of aliphatic carboxylic acids is 1. The Morgan fingerprint density at radius 1 is 1.25 bits per heavy atom. The molecule has 1 fully saturated rings. The van der Waals surface area contributed by atoms with Crippen LogP contribution >= 0.6 is 0 Å². The average Bonchev–Trinajstić information content (AvgIpc) is 2.51. The van der Waals surface area contributed by atoms with Gasteiger partial charge in [-0.3, -0.25) is 9.59 Å². The Hall–Kier alpha value is -2.24. The van der Waals surface area contributed by atoms with E-state index in [1.54, 1.807) is 18.2 Å². The van der Waals surface area contributed by atoms with Gasteiger partial charge in [0.05, 0.1) is 26.7 Å². The van der Waals surface area contributed by atoms with Crippen molar-refractivity contribution < 1.29 is 24.2 Å².